The third kappa shape index (κ3) is 3.69. The van der Waals surface area contributed by atoms with E-state index in [0.717, 1.165) is 12.8 Å². The second-order valence-corrected chi connectivity index (χ2v) is 6.47. The first kappa shape index (κ1) is 15.0. The molecule has 0 bridgehead atoms. The van der Waals surface area contributed by atoms with Crippen molar-refractivity contribution >= 4 is 0 Å². The van der Waals surface area contributed by atoms with E-state index in [4.69, 9.17) is 4.74 Å². The summed E-state index contributed by atoms with van der Waals surface area (Å²) in [5, 5.41) is 9.78. The average Bonchev–Trinajstić information content (AvgIpc) is 2.24. The molecule has 0 spiro atoms. The molecule has 102 valence electrons. The molecular weight excluding hydrogens is 212 g/mol. The van der Waals surface area contributed by atoms with Crippen molar-refractivity contribution < 1.29 is 9.84 Å². The first-order valence-corrected chi connectivity index (χ1v) is 7.19. The topological polar surface area (TPSA) is 29.5 Å². The molecule has 0 amide bonds. The standard InChI is InChI=1S/C15H30O2/c1-6-7-13(16)10-17-14-11(2)8-9-12(3)15(14,4)5/h11-14,16H,6-10H2,1-5H3. The van der Waals surface area contributed by atoms with Crippen LogP contribution in [-0.4, -0.2) is 23.9 Å². The first-order chi connectivity index (χ1) is 7.89. The van der Waals surface area contributed by atoms with Gasteiger partial charge in [0.25, 0.3) is 0 Å². The predicted octanol–water partition coefficient (Wildman–Crippen LogP) is 3.62. The van der Waals surface area contributed by atoms with Gasteiger partial charge in [0, 0.05) is 0 Å². The van der Waals surface area contributed by atoms with Crippen molar-refractivity contribution in [2.75, 3.05) is 6.61 Å². The van der Waals surface area contributed by atoms with E-state index in [-0.39, 0.29) is 17.6 Å². The van der Waals surface area contributed by atoms with Gasteiger partial charge < -0.3 is 9.84 Å². The molecule has 2 nitrogen and oxygen atoms in total. The maximum absolute atomic E-state index is 9.78. The second-order valence-electron chi connectivity index (χ2n) is 6.47. The molecule has 1 aliphatic rings. The Hall–Kier alpha value is -0.0800. The van der Waals surface area contributed by atoms with Gasteiger partial charge in [0.05, 0.1) is 18.8 Å². The van der Waals surface area contributed by atoms with Crippen LogP contribution in [-0.2, 0) is 4.74 Å². The lowest BCUT2D eigenvalue weighted by atomic mass is 9.64. The summed E-state index contributed by atoms with van der Waals surface area (Å²) in [5.41, 5.74) is 0.226. The lowest BCUT2D eigenvalue weighted by Crippen LogP contribution is -2.46. The predicted molar refractivity (Wildman–Crippen MR) is 72.0 cm³/mol. The van der Waals surface area contributed by atoms with Crippen LogP contribution in [0.15, 0.2) is 0 Å². The highest BCUT2D eigenvalue weighted by Gasteiger charge is 2.42. The molecule has 2 heteroatoms. The van der Waals surface area contributed by atoms with E-state index in [1.807, 2.05) is 0 Å². The summed E-state index contributed by atoms with van der Waals surface area (Å²) in [6.45, 7) is 11.8. The van der Waals surface area contributed by atoms with Gasteiger partial charge in [0.2, 0.25) is 0 Å². The first-order valence-electron chi connectivity index (χ1n) is 7.19. The summed E-state index contributed by atoms with van der Waals surface area (Å²) in [6, 6.07) is 0. The van der Waals surface area contributed by atoms with E-state index >= 15 is 0 Å². The molecule has 0 aromatic heterocycles. The van der Waals surface area contributed by atoms with Crippen molar-refractivity contribution in [3.05, 3.63) is 0 Å². The van der Waals surface area contributed by atoms with E-state index in [2.05, 4.69) is 34.6 Å². The molecule has 0 saturated heterocycles. The molecule has 4 atom stereocenters. The van der Waals surface area contributed by atoms with Gasteiger partial charge in [-0.3, -0.25) is 0 Å². The molecule has 4 unspecified atom stereocenters. The molecule has 0 aliphatic heterocycles. The highest BCUT2D eigenvalue weighted by Crippen LogP contribution is 2.44. The SMILES string of the molecule is CCCC(O)COC1C(C)CCC(C)C1(C)C. The largest absolute Gasteiger partial charge is 0.391 e. The monoisotopic (exact) mass is 242 g/mol. The van der Waals surface area contributed by atoms with Crippen molar-refractivity contribution in [3.63, 3.8) is 0 Å². The van der Waals surface area contributed by atoms with Gasteiger partial charge in [-0.05, 0) is 36.5 Å². The van der Waals surface area contributed by atoms with Crippen molar-refractivity contribution in [1.82, 2.24) is 0 Å². The van der Waals surface area contributed by atoms with Gasteiger partial charge in [0.1, 0.15) is 0 Å². The number of hydrogen-bond donors (Lipinski definition) is 1. The van der Waals surface area contributed by atoms with Crippen LogP contribution in [0.4, 0.5) is 0 Å². The fourth-order valence-electron chi connectivity index (χ4n) is 3.06. The minimum Gasteiger partial charge on any atom is -0.391 e. The molecule has 0 aromatic carbocycles. The number of aliphatic hydroxyl groups excluding tert-OH is 1. The summed E-state index contributed by atoms with van der Waals surface area (Å²) < 4.78 is 6.05. The molecule has 0 heterocycles. The van der Waals surface area contributed by atoms with E-state index < -0.39 is 0 Å². The molecule has 17 heavy (non-hydrogen) atoms. The van der Waals surface area contributed by atoms with Gasteiger partial charge >= 0.3 is 0 Å². The van der Waals surface area contributed by atoms with E-state index in [0.29, 0.717) is 18.4 Å². The normalized spacial score (nSPS) is 34.6. The number of hydrogen-bond acceptors (Lipinski definition) is 2. The Bertz CT molecular complexity index is 225. The summed E-state index contributed by atoms with van der Waals surface area (Å²) in [7, 11) is 0. The maximum Gasteiger partial charge on any atom is 0.0773 e. The van der Waals surface area contributed by atoms with Gasteiger partial charge in [0.15, 0.2) is 0 Å². The minimum atomic E-state index is -0.291. The van der Waals surface area contributed by atoms with E-state index in [1.165, 1.54) is 12.8 Å². The molecule has 0 radical (unpaired) electrons. The fraction of sp³-hybridized carbons (Fsp3) is 1.00. The number of ether oxygens (including phenoxy) is 1. The Labute approximate surface area is 107 Å². The van der Waals surface area contributed by atoms with Crippen molar-refractivity contribution in [1.29, 1.82) is 0 Å². The van der Waals surface area contributed by atoms with Gasteiger partial charge in [-0.1, -0.05) is 41.0 Å². The minimum absolute atomic E-state index is 0.226. The van der Waals surface area contributed by atoms with E-state index in [9.17, 15) is 5.11 Å². The summed E-state index contributed by atoms with van der Waals surface area (Å²) >= 11 is 0. The average molecular weight is 242 g/mol. The molecule has 1 aliphatic carbocycles. The molecule has 1 rings (SSSR count). The lowest BCUT2D eigenvalue weighted by Gasteiger charge is -2.47. The fourth-order valence-corrected chi connectivity index (χ4v) is 3.06. The summed E-state index contributed by atoms with van der Waals surface area (Å²) in [5.74, 6) is 1.31. The Morgan fingerprint density at radius 3 is 2.53 bits per heavy atom. The van der Waals surface area contributed by atoms with Gasteiger partial charge in [-0.15, -0.1) is 0 Å². The zero-order chi connectivity index (χ0) is 13.1. The van der Waals surface area contributed by atoms with Crippen LogP contribution in [0.5, 0.6) is 0 Å². The molecule has 0 aromatic rings. The van der Waals surface area contributed by atoms with Gasteiger partial charge in [-0.25, -0.2) is 0 Å². The quantitative estimate of drug-likeness (QED) is 0.798. The van der Waals surface area contributed by atoms with Crippen LogP contribution in [0, 0.1) is 17.3 Å². The summed E-state index contributed by atoms with van der Waals surface area (Å²) in [6.07, 6.45) is 4.41. The van der Waals surface area contributed by atoms with Gasteiger partial charge in [-0.2, -0.15) is 0 Å². The van der Waals surface area contributed by atoms with Crippen molar-refractivity contribution in [2.45, 2.75) is 72.5 Å². The molecule has 1 saturated carbocycles. The smallest absolute Gasteiger partial charge is 0.0773 e. The third-order valence-corrected chi connectivity index (χ3v) is 4.67. The molecular formula is C15H30O2. The Kier molecular flexibility index (Phi) is 5.46. The lowest BCUT2D eigenvalue weighted by molar-refractivity contribution is -0.123. The van der Waals surface area contributed by atoms with Crippen LogP contribution in [0.25, 0.3) is 0 Å². The van der Waals surface area contributed by atoms with Crippen molar-refractivity contribution in [3.8, 4) is 0 Å². The highest BCUT2D eigenvalue weighted by atomic mass is 16.5. The van der Waals surface area contributed by atoms with Crippen LogP contribution in [0.2, 0.25) is 0 Å². The zero-order valence-electron chi connectivity index (χ0n) is 12.2. The maximum atomic E-state index is 9.78. The third-order valence-electron chi connectivity index (χ3n) is 4.67. The Morgan fingerprint density at radius 2 is 1.94 bits per heavy atom. The van der Waals surface area contributed by atoms with Crippen LogP contribution >= 0.6 is 0 Å². The van der Waals surface area contributed by atoms with Crippen LogP contribution < -0.4 is 0 Å². The number of rotatable bonds is 5. The zero-order valence-corrected chi connectivity index (χ0v) is 12.2. The number of aliphatic hydroxyl groups is 1. The van der Waals surface area contributed by atoms with Crippen molar-refractivity contribution in [2.24, 2.45) is 17.3 Å². The molecule has 1 N–H and O–H groups in total. The van der Waals surface area contributed by atoms with E-state index in [1.54, 1.807) is 0 Å². The highest BCUT2D eigenvalue weighted by molar-refractivity contribution is 4.91. The Morgan fingerprint density at radius 1 is 1.29 bits per heavy atom. The Balaban J connectivity index is 2.53. The van der Waals surface area contributed by atoms with Crippen LogP contribution in [0.1, 0.15) is 60.3 Å². The van der Waals surface area contributed by atoms with Crippen LogP contribution in [0.3, 0.4) is 0 Å². The second kappa shape index (κ2) is 6.19. The summed E-state index contributed by atoms with van der Waals surface area (Å²) in [4.78, 5) is 0. The molecule has 1 fully saturated rings.